The number of nitrogens with zero attached hydrogens (tertiary/aromatic N) is 5. The van der Waals surface area contributed by atoms with Gasteiger partial charge in [0.15, 0.2) is 11.6 Å². The molecule has 0 spiro atoms. The molecule has 0 bridgehead atoms. The van der Waals surface area contributed by atoms with Gasteiger partial charge in [-0.3, -0.25) is 5.10 Å². The van der Waals surface area contributed by atoms with Crippen LogP contribution in [-0.2, 0) is 0 Å². The first-order valence-corrected chi connectivity index (χ1v) is 9.36. The van der Waals surface area contributed by atoms with Gasteiger partial charge in [0.2, 0.25) is 0 Å². The van der Waals surface area contributed by atoms with Crippen molar-refractivity contribution in [1.82, 2.24) is 25.1 Å². The number of anilines is 3. The van der Waals surface area contributed by atoms with Crippen LogP contribution in [0.1, 0.15) is 11.3 Å². The first-order chi connectivity index (χ1) is 13.5. The van der Waals surface area contributed by atoms with Crippen molar-refractivity contribution in [2.75, 3.05) is 43.4 Å². The number of rotatable bonds is 4. The average molecular weight is 381 g/mol. The molecule has 4 rings (SSSR count). The van der Waals surface area contributed by atoms with E-state index in [2.05, 4.69) is 42.3 Å². The lowest BCUT2D eigenvalue weighted by atomic mass is 10.1. The Hall–Kier alpha value is -3.00. The first kappa shape index (κ1) is 18.4. The molecule has 1 aliphatic heterocycles. The lowest BCUT2D eigenvalue weighted by molar-refractivity contribution is 0.312. The number of halogens is 1. The molecule has 8 heteroatoms. The summed E-state index contributed by atoms with van der Waals surface area (Å²) in [5.74, 6) is 2.08. The zero-order valence-electron chi connectivity index (χ0n) is 16.3. The van der Waals surface area contributed by atoms with Gasteiger partial charge in [-0.2, -0.15) is 5.10 Å². The van der Waals surface area contributed by atoms with Crippen LogP contribution in [0.25, 0.3) is 11.4 Å². The Balaban J connectivity index is 1.75. The van der Waals surface area contributed by atoms with E-state index in [1.54, 1.807) is 12.1 Å². The largest absolute Gasteiger partial charge is 0.354 e. The molecule has 7 nitrogen and oxygen atoms in total. The highest BCUT2D eigenvalue weighted by Gasteiger charge is 2.19. The molecule has 2 N–H and O–H groups in total. The van der Waals surface area contributed by atoms with E-state index in [9.17, 15) is 4.39 Å². The van der Waals surface area contributed by atoms with E-state index < -0.39 is 0 Å². The molecule has 3 heterocycles. The summed E-state index contributed by atoms with van der Waals surface area (Å²) in [5, 5.41) is 10.3. The third-order valence-electron chi connectivity index (χ3n) is 4.86. The van der Waals surface area contributed by atoms with Crippen LogP contribution in [-0.4, -0.2) is 58.3 Å². The van der Waals surface area contributed by atoms with Gasteiger partial charge in [-0.15, -0.1) is 0 Å². The predicted octanol–water partition coefficient (Wildman–Crippen LogP) is 3.12. The highest BCUT2D eigenvalue weighted by molar-refractivity contribution is 5.65. The minimum Gasteiger partial charge on any atom is -0.354 e. The molecule has 1 fully saturated rings. The fourth-order valence-electron chi connectivity index (χ4n) is 3.24. The molecule has 0 atom stereocenters. The van der Waals surface area contributed by atoms with Gasteiger partial charge in [0.1, 0.15) is 17.5 Å². The van der Waals surface area contributed by atoms with Crippen molar-refractivity contribution in [3.8, 4) is 11.4 Å². The van der Waals surface area contributed by atoms with Gasteiger partial charge < -0.3 is 15.1 Å². The van der Waals surface area contributed by atoms with Crippen molar-refractivity contribution in [3.05, 3.63) is 47.4 Å². The second kappa shape index (κ2) is 7.55. The van der Waals surface area contributed by atoms with E-state index in [0.29, 0.717) is 23.0 Å². The van der Waals surface area contributed by atoms with Crippen LogP contribution < -0.4 is 10.2 Å². The number of H-pyrrole nitrogens is 1. The highest BCUT2D eigenvalue weighted by atomic mass is 19.1. The minimum absolute atomic E-state index is 0.331. The predicted molar refractivity (Wildman–Crippen MR) is 108 cm³/mol. The van der Waals surface area contributed by atoms with Gasteiger partial charge in [0.05, 0.1) is 5.56 Å². The summed E-state index contributed by atoms with van der Waals surface area (Å²) in [5.41, 5.74) is 2.31. The average Bonchev–Trinajstić information content (AvgIpc) is 3.08. The number of likely N-dealkylation sites (N-methyl/N-ethyl adjacent to an activating group) is 1. The smallest absolute Gasteiger partial charge is 0.166 e. The number of hydrogen-bond donors (Lipinski definition) is 2. The summed E-state index contributed by atoms with van der Waals surface area (Å²) in [6.45, 7) is 7.51. The Bertz CT molecular complexity index is 976. The number of piperazine rings is 1. The van der Waals surface area contributed by atoms with Gasteiger partial charge in [0, 0.05) is 44.0 Å². The van der Waals surface area contributed by atoms with Crippen LogP contribution in [0.5, 0.6) is 0 Å². The number of hydrogen-bond acceptors (Lipinski definition) is 6. The number of aryl methyl sites for hydroxylation is 2. The molecule has 0 radical (unpaired) electrons. The molecule has 0 unspecified atom stereocenters. The Kier molecular flexibility index (Phi) is 4.95. The maximum atomic E-state index is 14.5. The lowest BCUT2D eigenvalue weighted by Crippen LogP contribution is -2.44. The third-order valence-corrected chi connectivity index (χ3v) is 4.86. The van der Waals surface area contributed by atoms with Crippen molar-refractivity contribution in [2.24, 2.45) is 0 Å². The van der Waals surface area contributed by atoms with Gasteiger partial charge in [0.25, 0.3) is 0 Å². The van der Waals surface area contributed by atoms with Crippen molar-refractivity contribution in [1.29, 1.82) is 0 Å². The normalized spacial score (nSPS) is 15.1. The van der Waals surface area contributed by atoms with Gasteiger partial charge in [-0.25, -0.2) is 14.4 Å². The quantitative estimate of drug-likeness (QED) is 0.723. The standard InChI is InChI=1S/C20H24FN7/c1-13-4-5-16(21)15(10-13)20-23-17(22-18-11-14(2)25-26-18)12-19(24-20)28-8-6-27(3)7-9-28/h4-5,10-12H,6-9H2,1-3H3,(H2,22,23,24,25,26). The maximum absolute atomic E-state index is 14.5. The summed E-state index contributed by atoms with van der Waals surface area (Å²) >= 11 is 0. The summed E-state index contributed by atoms with van der Waals surface area (Å²) < 4.78 is 14.5. The molecular formula is C20H24FN7. The Morgan fingerprint density at radius 2 is 1.79 bits per heavy atom. The van der Waals surface area contributed by atoms with Crippen LogP contribution in [0.3, 0.4) is 0 Å². The van der Waals surface area contributed by atoms with Crippen molar-refractivity contribution < 1.29 is 4.39 Å². The van der Waals surface area contributed by atoms with Crippen molar-refractivity contribution >= 4 is 17.5 Å². The molecule has 146 valence electrons. The fraction of sp³-hybridized carbons (Fsp3) is 0.350. The van der Waals surface area contributed by atoms with Gasteiger partial charge in [-0.1, -0.05) is 11.6 Å². The van der Waals surface area contributed by atoms with E-state index >= 15 is 0 Å². The van der Waals surface area contributed by atoms with Crippen LogP contribution in [0, 0.1) is 19.7 Å². The van der Waals surface area contributed by atoms with Crippen molar-refractivity contribution in [3.63, 3.8) is 0 Å². The molecule has 0 amide bonds. The lowest BCUT2D eigenvalue weighted by Gasteiger charge is -2.33. The monoisotopic (exact) mass is 381 g/mol. The molecule has 3 aromatic rings. The molecule has 1 aromatic carbocycles. The van der Waals surface area contributed by atoms with Crippen LogP contribution in [0.15, 0.2) is 30.3 Å². The second-order valence-electron chi connectivity index (χ2n) is 7.27. The Morgan fingerprint density at radius 1 is 1.00 bits per heavy atom. The van der Waals surface area contributed by atoms with Crippen LogP contribution in [0.4, 0.5) is 21.8 Å². The number of aromatic amines is 1. The number of benzene rings is 1. The molecule has 2 aromatic heterocycles. The summed E-state index contributed by atoms with van der Waals surface area (Å²) in [6, 6.07) is 8.77. The number of nitrogens with one attached hydrogen (secondary N) is 2. The SMILES string of the molecule is Cc1ccc(F)c(-c2nc(Nc3cc(C)[nH]n3)cc(N3CCN(C)CC3)n2)c1. The summed E-state index contributed by atoms with van der Waals surface area (Å²) in [6.07, 6.45) is 0. The third kappa shape index (κ3) is 3.96. The van der Waals surface area contributed by atoms with Crippen LogP contribution in [0.2, 0.25) is 0 Å². The maximum Gasteiger partial charge on any atom is 0.166 e. The molecule has 28 heavy (non-hydrogen) atoms. The molecule has 1 saturated heterocycles. The fourth-order valence-corrected chi connectivity index (χ4v) is 3.24. The summed E-state index contributed by atoms with van der Waals surface area (Å²) in [7, 11) is 2.11. The van der Waals surface area contributed by atoms with Gasteiger partial charge in [-0.05, 0) is 33.0 Å². The van der Waals surface area contributed by atoms with Crippen molar-refractivity contribution in [2.45, 2.75) is 13.8 Å². The zero-order chi connectivity index (χ0) is 19.7. The molecule has 0 aliphatic carbocycles. The first-order valence-electron chi connectivity index (χ1n) is 9.36. The van der Waals surface area contributed by atoms with E-state index in [1.165, 1.54) is 6.07 Å². The van der Waals surface area contributed by atoms with E-state index in [0.717, 1.165) is 43.3 Å². The van der Waals surface area contributed by atoms with E-state index in [4.69, 9.17) is 0 Å². The van der Waals surface area contributed by atoms with E-state index in [-0.39, 0.29) is 5.82 Å². The highest BCUT2D eigenvalue weighted by Crippen LogP contribution is 2.27. The second-order valence-corrected chi connectivity index (χ2v) is 7.27. The zero-order valence-corrected chi connectivity index (χ0v) is 16.3. The minimum atomic E-state index is -0.331. The Morgan fingerprint density at radius 3 is 2.50 bits per heavy atom. The van der Waals surface area contributed by atoms with Gasteiger partial charge >= 0.3 is 0 Å². The molecular weight excluding hydrogens is 357 g/mol. The topological polar surface area (TPSA) is 73.0 Å². The van der Waals surface area contributed by atoms with Crippen LogP contribution >= 0.6 is 0 Å². The van der Waals surface area contributed by atoms with E-state index in [1.807, 2.05) is 26.0 Å². The summed E-state index contributed by atoms with van der Waals surface area (Å²) in [4.78, 5) is 13.7. The molecule has 0 saturated carbocycles. The Labute approximate surface area is 163 Å². The number of aromatic nitrogens is 4. The molecule has 1 aliphatic rings.